The van der Waals surface area contributed by atoms with Crippen molar-refractivity contribution in [1.29, 1.82) is 0 Å². The van der Waals surface area contributed by atoms with Gasteiger partial charge in [0.2, 0.25) is 19.7 Å². The standard InChI is InChI=1S/C18H11BrO4S2/c19-14-10-13(12-6-2-1-3-7-12)11-17-18(14)25(22,23)16-9-5-4-8-15(16)24(17,20)21/h1-11H. The molecular formula is C18H11BrO4S2. The summed E-state index contributed by atoms with van der Waals surface area (Å²) >= 11 is 3.27. The highest BCUT2D eigenvalue weighted by Crippen LogP contribution is 2.45. The molecule has 0 saturated heterocycles. The van der Waals surface area contributed by atoms with Gasteiger partial charge in [0.25, 0.3) is 0 Å². The lowest BCUT2D eigenvalue weighted by atomic mass is 10.1. The molecule has 0 N–H and O–H groups in total. The van der Waals surface area contributed by atoms with Crippen LogP contribution in [-0.2, 0) is 19.7 Å². The van der Waals surface area contributed by atoms with Crippen molar-refractivity contribution in [3.63, 3.8) is 0 Å². The van der Waals surface area contributed by atoms with E-state index in [1.165, 1.54) is 30.3 Å². The Morgan fingerprint density at radius 2 is 1.16 bits per heavy atom. The fraction of sp³-hybridized carbons (Fsp3) is 0. The monoisotopic (exact) mass is 434 g/mol. The molecule has 3 aromatic rings. The second-order valence-corrected chi connectivity index (χ2v) is 10.2. The molecule has 4 rings (SSSR count). The van der Waals surface area contributed by atoms with Gasteiger partial charge >= 0.3 is 0 Å². The molecule has 0 aliphatic carbocycles. The molecule has 0 bridgehead atoms. The average molecular weight is 435 g/mol. The normalized spacial score (nSPS) is 16.7. The number of sulfone groups is 2. The third-order valence-corrected chi connectivity index (χ3v) is 9.00. The van der Waals surface area contributed by atoms with E-state index in [2.05, 4.69) is 15.9 Å². The summed E-state index contributed by atoms with van der Waals surface area (Å²) in [4.78, 5) is -0.763. The lowest BCUT2D eigenvalue weighted by Gasteiger charge is -2.22. The third-order valence-electron chi connectivity index (χ3n) is 4.10. The first-order valence-electron chi connectivity index (χ1n) is 7.31. The lowest BCUT2D eigenvalue weighted by molar-refractivity contribution is 0.569. The van der Waals surface area contributed by atoms with Crippen LogP contribution in [0.5, 0.6) is 0 Å². The number of hydrogen-bond donors (Lipinski definition) is 0. The Hall–Kier alpha value is -1.96. The van der Waals surface area contributed by atoms with Crippen molar-refractivity contribution in [3.05, 3.63) is 71.2 Å². The third kappa shape index (κ3) is 2.38. The van der Waals surface area contributed by atoms with Gasteiger partial charge in [-0.3, -0.25) is 0 Å². The molecule has 1 aliphatic rings. The first kappa shape index (κ1) is 16.5. The molecule has 7 heteroatoms. The van der Waals surface area contributed by atoms with Crippen LogP contribution >= 0.6 is 15.9 Å². The maximum absolute atomic E-state index is 13.0. The van der Waals surface area contributed by atoms with E-state index in [0.29, 0.717) is 5.56 Å². The van der Waals surface area contributed by atoms with Crippen LogP contribution in [0.25, 0.3) is 11.1 Å². The molecule has 1 aliphatic heterocycles. The topological polar surface area (TPSA) is 68.3 Å². The SMILES string of the molecule is O=S1(=O)c2ccccc2S(=O)(=O)c2c(Br)cc(-c3ccccc3)cc21. The summed E-state index contributed by atoms with van der Waals surface area (Å²) in [6.07, 6.45) is 0. The molecule has 126 valence electrons. The highest BCUT2D eigenvalue weighted by Gasteiger charge is 2.40. The van der Waals surface area contributed by atoms with Crippen molar-refractivity contribution < 1.29 is 16.8 Å². The van der Waals surface area contributed by atoms with Gasteiger partial charge in [0.05, 0.1) is 14.7 Å². The van der Waals surface area contributed by atoms with Crippen LogP contribution in [0.4, 0.5) is 0 Å². The molecule has 0 fully saturated rings. The Kier molecular flexibility index (Phi) is 3.64. The van der Waals surface area contributed by atoms with Crippen LogP contribution in [0.3, 0.4) is 0 Å². The van der Waals surface area contributed by atoms with Crippen LogP contribution in [0.2, 0.25) is 0 Å². The van der Waals surface area contributed by atoms with Crippen LogP contribution < -0.4 is 0 Å². The second-order valence-electron chi connectivity index (χ2n) is 5.60. The fourth-order valence-corrected chi connectivity index (χ4v) is 8.41. The summed E-state index contributed by atoms with van der Waals surface area (Å²) in [5, 5.41) is 0. The van der Waals surface area contributed by atoms with E-state index in [9.17, 15) is 16.8 Å². The summed E-state index contributed by atoms with van der Waals surface area (Å²) in [5.41, 5.74) is 1.43. The van der Waals surface area contributed by atoms with E-state index < -0.39 is 19.7 Å². The molecule has 0 saturated carbocycles. The zero-order valence-electron chi connectivity index (χ0n) is 12.7. The van der Waals surface area contributed by atoms with Gasteiger partial charge in [0, 0.05) is 4.47 Å². The number of fused-ring (bicyclic) bond motifs is 2. The van der Waals surface area contributed by atoms with E-state index in [1.807, 2.05) is 30.3 Å². The van der Waals surface area contributed by atoms with Crippen molar-refractivity contribution in [1.82, 2.24) is 0 Å². The minimum Gasteiger partial charge on any atom is -0.218 e. The van der Waals surface area contributed by atoms with Gasteiger partial charge in [-0.05, 0) is 51.3 Å². The van der Waals surface area contributed by atoms with E-state index >= 15 is 0 Å². The zero-order chi connectivity index (χ0) is 17.8. The highest BCUT2D eigenvalue weighted by molar-refractivity contribution is 9.10. The molecule has 3 aromatic carbocycles. The summed E-state index contributed by atoms with van der Waals surface area (Å²) < 4.78 is 52.2. The van der Waals surface area contributed by atoms with Gasteiger partial charge in [0.15, 0.2) is 0 Å². The highest BCUT2D eigenvalue weighted by atomic mass is 79.9. The zero-order valence-corrected chi connectivity index (χ0v) is 15.9. The van der Waals surface area contributed by atoms with Crippen molar-refractivity contribution in [2.75, 3.05) is 0 Å². The Morgan fingerprint density at radius 3 is 1.80 bits per heavy atom. The second kappa shape index (κ2) is 5.52. The van der Waals surface area contributed by atoms with Gasteiger partial charge in [-0.25, -0.2) is 16.8 Å². The predicted molar refractivity (Wildman–Crippen MR) is 96.9 cm³/mol. The first-order valence-corrected chi connectivity index (χ1v) is 11.1. The molecule has 0 aromatic heterocycles. The first-order chi connectivity index (χ1) is 11.8. The van der Waals surface area contributed by atoms with E-state index in [1.54, 1.807) is 6.07 Å². The summed E-state index contributed by atoms with van der Waals surface area (Å²) in [6.45, 7) is 0. The van der Waals surface area contributed by atoms with E-state index in [-0.39, 0.29) is 24.1 Å². The maximum atomic E-state index is 13.0. The number of halogens is 1. The fourth-order valence-electron chi connectivity index (χ4n) is 2.95. The van der Waals surface area contributed by atoms with Crippen LogP contribution in [0.15, 0.2) is 90.8 Å². The average Bonchev–Trinajstić information content (AvgIpc) is 2.60. The van der Waals surface area contributed by atoms with Crippen LogP contribution in [-0.4, -0.2) is 16.8 Å². The largest absolute Gasteiger partial charge is 0.218 e. The van der Waals surface area contributed by atoms with Crippen molar-refractivity contribution in [3.8, 4) is 11.1 Å². The van der Waals surface area contributed by atoms with Crippen LogP contribution in [0.1, 0.15) is 0 Å². The molecule has 4 nitrogen and oxygen atoms in total. The molecule has 0 amide bonds. The van der Waals surface area contributed by atoms with Gasteiger partial charge in [0.1, 0.15) is 4.90 Å². The van der Waals surface area contributed by atoms with Gasteiger partial charge in [-0.15, -0.1) is 0 Å². The van der Waals surface area contributed by atoms with E-state index in [4.69, 9.17) is 0 Å². The van der Waals surface area contributed by atoms with E-state index in [0.717, 1.165) is 5.56 Å². The van der Waals surface area contributed by atoms with Crippen LogP contribution in [0, 0.1) is 0 Å². The number of benzene rings is 3. The molecule has 0 spiro atoms. The summed E-state index contributed by atoms with van der Waals surface area (Å²) in [6, 6.07) is 18.0. The molecule has 0 radical (unpaired) electrons. The Labute approximate surface area is 154 Å². The van der Waals surface area contributed by atoms with Gasteiger partial charge in [-0.2, -0.15) is 0 Å². The molecule has 0 atom stereocenters. The van der Waals surface area contributed by atoms with Gasteiger partial charge in [-0.1, -0.05) is 42.5 Å². The molecule has 25 heavy (non-hydrogen) atoms. The van der Waals surface area contributed by atoms with Crippen molar-refractivity contribution in [2.24, 2.45) is 0 Å². The van der Waals surface area contributed by atoms with Gasteiger partial charge < -0.3 is 0 Å². The number of hydrogen-bond acceptors (Lipinski definition) is 4. The molecule has 0 unspecified atom stereocenters. The minimum absolute atomic E-state index is 0.181. The predicted octanol–water partition coefficient (Wildman–Crippen LogP) is 4.10. The van der Waals surface area contributed by atoms with Crippen molar-refractivity contribution in [2.45, 2.75) is 19.6 Å². The Morgan fingerprint density at radius 1 is 0.600 bits per heavy atom. The summed E-state index contributed by atoms with van der Waals surface area (Å²) in [5.74, 6) is 0. The number of rotatable bonds is 1. The molecular weight excluding hydrogens is 424 g/mol. The Balaban J connectivity index is 2.12. The lowest BCUT2D eigenvalue weighted by Crippen LogP contribution is -2.20. The summed E-state index contributed by atoms with van der Waals surface area (Å²) in [7, 11) is -7.86. The quantitative estimate of drug-likeness (QED) is 0.452. The molecule has 1 heterocycles. The Bertz CT molecular complexity index is 1220. The smallest absolute Gasteiger partial charge is 0.210 e. The maximum Gasteiger partial charge on any atom is 0.210 e. The van der Waals surface area contributed by atoms with Crippen molar-refractivity contribution >= 4 is 35.6 Å². The minimum atomic E-state index is -3.93.